The number of aliphatic hydroxyl groups excluding tert-OH is 1. The lowest BCUT2D eigenvalue weighted by Gasteiger charge is -2.39. The molecule has 4 rings (SSSR count). The van der Waals surface area contributed by atoms with Crippen LogP contribution >= 0.6 is 0 Å². The van der Waals surface area contributed by atoms with Crippen molar-refractivity contribution in [3.63, 3.8) is 0 Å². The summed E-state index contributed by atoms with van der Waals surface area (Å²) in [6, 6.07) is 0. The van der Waals surface area contributed by atoms with Crippen LogP contribution < -0.4 is 0 Å². The minimum atomic E-state index is -0.286. The Morgan fingerprint density at radius 3 is 1.49 bits per heavy atom. The SMILES string of the molecule is CC(/C=C/C=C(C)/C=C/C12OC1(C)CCCC2(C)C)=C\C=C\C=C(C)\C=C\C=C(C)\C=C\C12OC1(C)CC(O)CC2(C)C. The third-order valence-electron chi connectivity index (χ3n) is 10.5. The van der Waals surface area contributed by atoms with Gasteiger partial charge in [0.05, 0.1) is 11.7 Å². The Labute approximate surface area is 262 Å². The highest BCUT2D eigenvalue weighted by Crippen LogP contribution is 2.67. The molecule has 2 aliphatic carbocycles. The van der Waals surface area contributed by atoms with Gasteiger partial charge in [-0.3, -0.25) is 0 Å². The van der Waals surface area contributed by atoms with Crippen molar-refractivity contribution in [3.05, 3.63) is 107 Å². The van der Waals surface area contributed by atoms with Crippen LogP contribution in [-0.4, -0.2) is 33.6 Å². The fourth-order valence-electron chi connectivity index (χ4n) is 7.82. The maximum absolute atomic E-state index is 10.3. The second-order valence-electron chi connectivity index (χ2n) is 15.2. The molecule has 2 aliphatic heterocycles. The zero-order valence-corrected chi connectivity index (χ0v) is 28.5. The van der Waals surface area contributed by atoms with Gasteiger partial charge in [0.15, 0.2) is 0 Å². The molecule has 0 amide bonds. The van der Waals surface area contributed by atoms with E-state index < -0.39 is 0 Å². The fraction of sp³-hybridized carbons (Fsp3) is 0.550. The summed E-state index contributed by atoms with van der Waals surface area (Å²) in [4.78, 5) is 0. The van der Waals surface area contributed by atoms with E-state index in [-0.39, 0.29) is 39.3 Å². The van der Waals surface area contributed by atoms with Crippen LogP contribution in [0, 0.1) is 10.8 Å². The summed E-state index contributed by atoms with van der Waals surface area (Å²) in [5.74, 6) is 0. The highest BCUT2D eigenvalue weighted by atomic mass is 16.6. The lowest BCUT2D eigenvalue weighted by atomic mass is 9.63. The van der Waals surface area contributed by atoms with E-state index in [0.717, 1.165) is 12.8 Å². The molecule has 0 aromatic heterocycles. The van der Waals surface area contributed by atoms with Crippen LogP contribution in [0.25, 0.3) is 0 Å². The molecule has 43 heavy (non-hydrogen) atoms. The molecule has 5 unspecified atom stereocenters. The van der Waals surface area contributed by atoms with Crippen molar-refractivity contribution >= 4 is 0 Å². The summed E-state index contributed by atoms with van der Waals surface area (Å²) >= 11 is 0. The average molecular weight is 585 g/mol. The van der Waals surface area contributed by atoms with Gasteiger partial charge in [-0.25, -0.2) is 0 Å². The average Bonchev–Trinajstić information content (AvgIpc) is 3.74. The summed E-state index contributed by atoms with van der Waals surface area (Å²) in [7, 11) is 0. The number of hydrogen-bond donors (Lipinski definition) is 1. The topological polar surface area (TPSA) is 45.3 Å². The molecule has 2 saturated heterocycles. The van der Waals surface area contributed by atoms with Crippen LogP contribution in [0.3, 0.4) is 0 Å². The van der Waals surface area contributed by atoms with E-state index in [0.29, 0.717) is 6.42 Å². The second kappa shape index (κ2) is 12.1. The van der Waals surface area contributed by atoms with Crippen LogP contribution in [-0.2, 0) is 9.47 Å². The molecular formula is C40H56O3. The Morgan fingerprint density at radius 1 is 0.558 bits per heavy atom. The van der Waals surface area contributed by atoms with Gasteiger partial charge >= 0.3 is 0 Å². The molecule has 3 heteroatoms. The molecule has 0 aromatic carbocycles. The maximum atomic E-state index is 10.3. The Hall–Kier alpha value is -2.46. The zero-order chi connectivity index (χ0) is 31.7. The number of fused-ring (bicyclic) bond motifs is 2. The van der Waals surface area contributed by atoms with Gasteiger partial charge in [0, 0.05) is 17.3 Å². The first-order valence-electron chi connectivity index (χ1n) is 16.2. The van der Waals surface area contributed by atoms with Gasteiger partial charge in [0.2, 0.25) is 0 Å². The monoisotopic (exact) mass is 584 g/mol. The minimum Gasteiger partial charge on any atom is -0.393 e. The predicted octanol–water partition coefficient (Wildman–Crippen LogP) is 10.00. The molecule has 0 spiro atoms. The van der Waals surface area contributed by atoms with Crippen LogP contribution in [0.2, 0.25) is 0 Å². The number of rotatable bonds is 10. The molecular weight excluding hydrogens is 528 g/mol. The number of epoxide rings is 2. The summed E-state index contributed by atoms with van der Waals surface area (Å²) < 4.78 is 12.6. The van der Waals surface area contributed by atoms with Crippen molar-refractivity contribution in [1.82, 2.24) is 0 Å². The van der Waals surface area contributed by atoms with Gasteiger partial charge in [-0.2, -0.15) is 0 Å². The highest BCUT2D eigenvalue weighted by Gasteiger charge is 2.75. The van der Waals surface area contributed by atoms with Crippen molar-refractivity contribution in [2.45, 2.75) is 130 Å². The molecule has 0 radical (unpaired) electrons. The van der Waals surface area contributed by atoms with E-state index in [1.165, 1.54) is 35.1 Å². The van der Waals surface area contributed by atoms with Gasteiger partial charge in [-0.15, -0.1) is 0 Å². The molecule has 3 nitrogen and oxygen atoms in total. The molecule has 4 fully saturated rings. The smallest absolute Gasteiger partial charge is 0.121 e. The van der Waals surface area contributed by atoms with Crippen molar-refractivity contribution in [2.75, 3.05) is 0 Å². The largest absolute Gasteiger partial charge is 0.393 e. The zero-order valence-electron chi connectivity index (χ0n) is 28.5. The summed E-state index contributed by atoms with van der Waals surface area (Å²) in [6.45, 7) is 22.0. The van der Waals surface area contributed by atoms with Crippen LogP contribution in [0.4, 0.5) is 0 Å². The lowest BCUT2D eigenvalue weighted by molar-refractivity contribution is 0.0515. The Morgan fingerprint density at radius 2 is 1.00 bits per heavy atom. The first kappa shape index (κ1) is 33.4. The second-order valence-corrected chi connectivity index (χ2v) is 15.2. The van der Waals surface area contributed by atoms with Crippen LogP contribution in [0.5, 0.6) is 0 Å². The van der Waals surface area contributed by atoms with E-state index in [1.807, 2.05) is 0 Å². The van der Waals surface area contributed by atoms with E-state index in [1.54, 1.807) is 0 Å². The molecule has 2 heterocycles. The first-order valence-corrected chi connectivity index (χ1v) is 16.2. The van der Waals surface area contributed by atoms with Gasteiger partial charge in [0.1, 0.15) is 16.8 Å². The number of ether oxygens (including phenoxy) is 2. The molecule has 5 atom stereocenters. The van der Waals surface area contributed by atoms with Crippen molar-refractivity contribution in [2.24, 2.45) is 10.8 Å². The summed E-state index contributed by atoms with van der Waals surface area (Å²) in [6.07, 6.45) is 34.9. The molecule has 234 valence electrons. The first-order chi connectivity index (χ1) is 20.0. The normalized spacial score (nSPS) is 38.1. The van der Waals surface area contributed by atoms with E-state index >= 15 is 0 Å². The van der Waals surface area contributed by atoms with Gasteiger partial charge in [-0.05, 0) is 79.4 Å². The van der Waals surface area contributed by atoms with Gasteiger partial charge in [0.25, 0.3) is 0 Å². The molecule has 0 bridgehead atoms. The van der Waals surface area contributed by atoms with E-state index in [2.05, 4.69) is 154 Å². The molecule has 0 aromatic rings. The van der Waals surface area contributed by atoms with Crippen LogP contribution in [0.1, 0.15) is 101 Å². The summed E-state index contributed by atoms with van der Waals surface area (Å²) in [5, 5.41) is 10.3. The molecule has 1 N–H and O–H groups in total. The van der Waals surface area contributed by atoms with Crippen molar-refractivity contribution in [3.8, 4) is 0 Å². The standard InChI is InChI=1S/C40H56O3/c1-30(18-13-20-32(3)22-26-39-35(5,6)24-15-25-37(39,9)42-39)16-11-12-17-31(2)19-14-21-33(4)23-27-40-36(7,8)28-34(41)29-38(40,10)43-40/h11-14,16-23,26-27,34,41H,15,24-25,28-29H2,1-10H3/b12-11+,18-13+,19-14+,26-22+,27-23+,30-16+,31-17+,32-20+,33-21+. The third-order valence-corrected chi connectivity index (χ3v) is 10.5. The highest BCUT2D eigenvalue weighted by molar-refractivity contribution is 5.38. The predicted molar refractivity (Wildman–Crippen MR) is 182 cm³/mol. The number of hydrogen-bond acceptors (Lipinski definition) is 3. The molecule has 4 aliphatic rings. The maximum Gasteiger partial charge on any atom is 0.121 e. The van der Waals surface area contributed by atoms with E-state index in [4.69, 9.17) is 9.47 Å². The Bertz CT molecular complexity index is 1340. The Kier molecular flexibility index (Phi) is 9.44. The minimum absolute atomic E-state index is 0.00957. The van der Waals surface area contributed by atoms with Crippen molar-refractivity contribution in [1.29, 1.82) is 0 Å². The van der Waals surface area contributed by atoms with E-state index in [9.17, 15) is 5.11 Å². The molecule has 2 saturated carbocycles. The fourth-order valence-corrected chi connectivity index (χ4v) is 7.82. The number of allylic oxidation sites excluding steroid dienone is 16. The van der Waals surface area contributed by atoms with Crippen molar-refractivity contribution < 1.29 is 14.6 Å². The van der Waals surface area contributed by atoms with Gasteiger partial charge in [-0.1, -0.05) is 123 Å². The third kappa shape index (κ3) is 6.80. The lowest BCUT2D eigenvalue weighted by Crippen LogP contribution is -2.46. The quantitative estimate of drug-likeness (QED) is 0.205. The van der Waals surface area contributed by atoms with Crippen LogP contribution in [0.15, 0.2) is 107 Å². The Balaban J connectivity index is 1.25. The summed E-state index contributed by atoms with van der Waals surface area (Å²) in [5.41, 5.74) is 4.24. The van der Waals surface area contributed by atoms with Gasteiger partial charge < -0.3 is 14.6 Å². The number of aliphatic hydroxyl groups is 1.